The van der Waals surface area contributed by atoms with Crippen molar-refractivity contribution >= 4 is 29.0 Å². The molecule has 15 heavy (non-hydrogen) atoms. The molecule has 0 saturated heterocycles. The monoisotopic (exact) mass is 244 g/mol. The fourth-order valence-corrected chi connectivity index (χ4v) is 2.84. The van der Waals surface area contributed by atoms with Crippen molar-refractivity contribution in [3.8, 4) is 0 Å². The minimum absolute atomic E-state index is 0.0337. The lowest BCUT2D eigenvalue weighted by Crippen LogP contribution is -2.24. The van der Waals surface area contributed by atoms with Gasteiger partial charge in [0.1, 0.15) is 4.88 Å². The molecule has 3 nitrogen and oxygen atoms in total. The van der Waals surface area contributed by atoms with E-state index in [1.165, 1.54) is 11.3 Å². The summed E-state index contributed by atoms with van der Waals surface area (Å²) in [6.07, 6.45) is 3.88. The maximum atomic E-state index is 11.7. The molecule has 0 unspecified atom stereocenters. The van der Waals surface area contributed by atoms with E-state index in [0.29, 0.717) is 13.1 Å². The maximum Gasteiger partial charge on any atom is 0.262 e. The van der Waals surface area contributed by atoms with Crippen LogP contribution in [0.15, 0.2) is 16.3 Å². The number of unbranched alkanes of at least 4 members (excludes halogenated alkanes) is 1. The van der Waals surface area contributed by atoms with E-state index in [4.69, 9.17) is 5.73 Å². The molecule has 3 N–H and O–H groups in total. The summed E-state index contributed by atoms with van der Waals surface area (Å²) in [6, 6.07) is 1.98. The first-order valence-corrected chi connectivity index (χ1v) is 6.99. The number of thioether (sulfide) groups is 1. The zero-order chi connectivity index (χ0) is 11.1. The predicted molar refractivity (Wildman–Crippen MR) is 66.7 cm³/mol. The molecule has 0 saturated carbocycles. The third kappa shape index (κ3) is 3.85. The Morgan fingerprint density at radius 2 is 2.40 bits per heavy atom. The van der Waals surface area contributed by atoms with Crippen molar-refractivity contribution in [1.29, 1.82) is 0 Å². The highest BCUT2D eigenvalue weighted by Gasteiger charge is 2.11. The molecule has 1 aromatic heterocycles. The molecular weight excluding hydrogens is 228 g/mol. The summed E-state index contributed by atoms with van der Waals surface area (Å²) < 4.78 is 0. The molecule has 0 aliphatic heterocycles. The van der Waals surface area contributed by atoms with Gasteiger partial charge in [0.25, 0.3) is 5.91 Å². The summed E-state index contributed by atoms with van der Waals surface area (Å²) >= 11 is 3.09. The number of rotatable bonds is 6. The molecule has 0 aliphatic carbocycles. The van der Waals surface area contributed by atoms with Crippen LogP contribution in [-0.4, -0.2) is 25.3 Å². The highest BCUT2D eigenvalue weighted by Crippen LogP contribution is 2.25. The van der Waals surface area contributed by atoms with E-state index in [1.807, 2.05) is 17.7 Å². The number of nitrogens with two attached hydrogens (primary N) is 1. The number of carbonyl (C=O) groups excluding carboxylic acids is 1. The molecular formula is C10H16N2OS2. The summed E-state index contributed by atoms with van der Waals surface area (Å²) in [7, 11) is 0. The number of thiophene rings is 1. The van der Waals surface area contributed by atoms with E-state index in [2.05, 4.69) is 5.32 Å². The van der Waals surface area contributed by atoms with Gasteiger partial charge in [0, 0.05) is 11.4 Å². The average Bonchev–Trinajstić information content (AvgIpc) is 2.72. The molecule has 84 valence electrons. The first-order chi connectivity index (χ1) is 7.29. The standard InChI is InChI=1S/C10H16N2OS2/c1-14-8-4-7-15-9(8)10(13)12-6-3-2-5-11/h4,7H,2-3,5-6,11H2,1H3,(H,12,13). The van der Waals surface area contributed by atoms with Crippen LogP contribution in [0.25, 0.3) is 0 Å². The Bertz CT molecular complexity index is 312. The third-order valence-electron chi connectivity index (χ3n) is 1.97. The summed E-state index contributed by atoms with van der Waals surface area (Å²) in [5.74, 6) is 0.0337. The van der Waals surface area contributed by atoms with Crippen molar-refractivity contribution < 1.29 is 4.79 Å². The molecule has 1 amide bonds. The average molecular weight is 244 g/mol. The molecule has 0 spiro atoms. The summed E-state index contributed by atoms with van der Waals surface area (Å²) in [4.78, 5) is 13.6. The van der Waals surface area contributed by atoms with Crippen LogP contribution in [0.1, 0.15) is 22.5 Å². The Morgan fingerprint density at radius 1 is 1.60 bits per heavy atom. The van der Waals surface area contributed by atoms with Gasteiger partial charge in [0.2, 0.25) is 0 Å². The van der Waals surface area contributed by atoms with Crippen LogP contribution in [-0.2, 0) is 0 Å². The van der Waals surface area contributed by atoms with Gasteiger partial charge in [-0.15, -0.1) is 23.1 Å². The summed E-state index contributed by atoms with van der Waals surface area (Å²) in [5, 5.41) is 4.84. The largest absolute Gasteiger partial charge is 0.351 e. The van der Waals surface area contributed by atoms with E-state index >= 15 is 0 Å². The molecule has 1 aromatic rings. The third-order valence-corrected chi connectivity index (χ3v) is 3.79. The van der Waals surface area contributed by atoms with Gasteiger partial charge in [-0.2, -0.15) is 0 Å². The fourth-order valence-electron chi connectivity index (χ4n) is 1.18. The van der Waals surface area contributed by atoms with E-state index < -0.39 is 0 Å². The van der Waals surface area contributed by atoms with Gasteiger partial charge in [0.05, 0.1) is 0 Å². The molecule has 0 aliphatic rings. The van der Waals surface area contributed by atoms with Crippen LogP contribution in [0.2, 0.25) is 0 Å². The second kappa shape index (κ2) is 6.87. The van der Waals surface area contributed by atoms with Crippen LogP contribution in [0, 0.1) is 0 Å². The number of carbonyl (C=O) groups is 1. The van der Waals surface area contributed by atoms with Crippen molar-refractivity contribution in [3.63, 3.8) is 0 Å². The number of nitrogens with one attached hydrogen (secondary N) is 1. The van der Waals surface area contributed by atoms with Gasteiger partial charge in [0.15, 0.2) is 0 Å². The van der Waals surface area contributed by atoms with Crippen LogP contribution in [0.5, 0.6) is 0 Å². The SMILES string of the molecule is CSc1ccsc1C(=O)NCCCCN. The molecule has 0 atom stereocenters. The van der Waals surface area contributed by atoms with E-state index in [0.717, 1.165) is 22.6 Å². The van der Waals surface area contributed by atoms with E-state index in [1.54, 1.807) is 11.8 Å². The number of hydrogen-bond acceptors (Lipinski definition) is 4. The van der Waals surface area contributed by atoms with E-state index in [-0.39, 0.29) is 5.91 Å². The van der Waals surface area contributed by atoms with Gasteiger partial charge in [-0.3, -0.25) is 4.79 Å². The van der Waals surface area contributed by atoms with Gasteiger partial charge in [-0.1, -0.05) is 0 Å². The first-order valence-electron chi connectivity index (χ1n) is 4.89. The van der Waals surface area contributed by atoms with Crippen LogP contribution in [0.4, 0.5) is 0 Å². The minimum Gasteiger partial charge on any atom is -0.351 e. The van der Waals surface area contributed by atoms with Crippen LogP contribution in [0.3, 0.4) is 0 Å². The Morgan fingerprint density at radius 3 is 3.07 bits per heavy atom. The lowest BCUT2D eigenvalue weighted by molar-refractivity contribution is 0.0954. The van der Waals surface area contributed by atoms with Crippen molar-refractivity contribution in [1.82, 2.24) is 5.32 Å². The number of amides is 1. The molecule has 1 rings (SSSR count). The lowest BCUT2D eigenvalue weighted by atomic mass is 10.3. The fraction of sp³-hybridized carbons (Fsp3) is 0.500. The van der Waals surface area contributed by atoms with Crippen molar-refractivity contribution in [2.45, 2.75) is 17.7 Å². The van der Waals surface area contributed by atoms with E-state index in [9.17, 15) is 4.79 Å². The second-order valence-electron chi connectivity index (χ2n) is 3.07. The Labute approximate surface area is 98.4 Å². The molecule has 0 aromatic carbocycles. The highest BCUT2D eigenvalue weighted by molar-refractivity contribution is 7.98. The zero-order valence-electron chi connectivity index (χ0n) is 8.79. The first kappa shape index (κ1) is 12.5. The van der Waals surface area contributed by atoms with Crippen molar-refractivity contribution in [3.05, 3.63) is 16.3 Å². The lowest BCUT2D eigenvalue weighted by Gasteiger charge is -2.04. The Kier molecular flexibility index (Phi) is 5.75. The van der Waals surface area contributed by atoms with Gasteiger partial charge < -0.3 is 11.1 Å². The van der Waals surface area contributed by atoms with Crippen molar-refractivity contribution in [2.24, 2.45) is 5.73 Å². The maximum absolute atomic E-state index is 11.7. The normalized spacial score (nSPS) is 10.3. The molecule has 0 bridgehead atoms. The molecule has 5 heteroatoms. The number of hydrogen-bond donors (Lipinski definition) is 2. The Hall–Kier alpha value is -0.520. The predicted octanol–water partition coefficient (Wildman–Crippen LogP) is 1.94. The quantitative estimate of drug-likeness (QED) is 0.594. The van der Waals surface area contributed by atoms with Crippen LogP contribution < -0.4 is 11.1 Å². The van der Waals surface area contributed by atoms with Crippen LogP contribution >= 0.6 is 23.1 Å². The zero-order valence-corrected chi connectivity index (χ0v) is 10.4. The topological polar surface area (TPSA) is 55.1 Å². The summed E-state index contributed by atoms with van der Waals surface area (Å²) in [6.45, 7) is 1.40. The van der Waals surface area contributed by atoms with Gasteiger partial charge in [-0.25, -0.2) is 0 Å². The van der Waals surface area contributed by atoms with Crippen molar-refractivity contribution in [2.75, 3.05) is 19.3 Å². The second-order valence-corrected chi connectivity index (χ2v) is 4.83. The molecule has 0 radical (unpaired) electrons. The van der Waals surface area contributed by atoms with Gasteiger partial charge >= 0.3 is 0 Å². The molecule has 1 heterocycles. The summed E-state index contributed by atoms with van der Waals surface area (Å²) in [5.41, 5.74) is 5.37. The minimum atomic E-state index is 0.0337. The Balaban J connectivity index is 2.40. The molecule has 0 fully saturated rings. The highest BCUT2D eigenvalue weighted by atomic mass is 32.2. The smallest absolute Gasteiger partial charge is 0.262 e. The van der Waals surface area contributed by atoms with Gasteiger partial charge in [-0.05, 0) is 37.1 Å².